The molecule has 1 rings (SSSR count). The van der Waals surface area contributed by atoms with E-state index in [4.69, 9.17) is 5.11 Å². The minimum Gasteiger partial charge on any atom is -0.480 e. The average Bonchev–Trinajstić information content (AvgIpc) is 2.63. The van der Waals surface area contributed by atoms with Crippen molar-refractivity contribution in [2.45, 2.75) is 19.3 Å². The highest BCUT2D eigenvalue weighted by Gasteiger charge is 2.19. The molecule has 0 saturated carbocycles. The molecule has 1 fully saturated rings. The van der Waals surface area contributed by atoms with Crippen molar-refractivity contribution < 1.29 is 14.7 Å². The second-order valence-corrected chi connectivity index (χ2v) is 5.93. The number of carbonyl (C=O) groups is 2. The number of aliphatic carboxylic acids is 1. The highest BCUT2D eigenvalue weighted by Crippen LogP contribution is 2.03. The van der Waals surface area contributed by atoms with E-state index >= 15 is 0 Å². The van der Waals surface area contributed by atoms with Crippen molar-refractivity contribution in [3.63, 3.8) is 0 Å². The maximum absolute atomic E-state index is 12.0. The molecular formula is C13H25N3O3S. The number of nitrogens with one attached hydrogen (secondary N) is 1. The number of rotatable bonds is 7. The number of carboxylic acids is 1. The monoisotopic (exact) mass is 303 g/mol. The molecular weight excluding hydrogens is 278 g/mol. The lowest BCUT2D eigenvalue weighted by Gasteiger charge is -2.21. The van der Waals surface area contributed by atoms with Gasteiger partial charge in [0.2, 0.25) is 0 Å². The summed E-state index contributed by atoms with van der Waals surface area (Å²) in [5, 5.41) is 11.7. The quantitative estimate of drug-likeness (QED) is 0.685. The molecule has 1 saturated heterocycles. The van der Waals surface area contributed by atoms with Gasteiger partial charge in [-0.3, -0.25) is 9.69 Å². The standard InChI is InChI=1S/C13H25N3O3S/c1-20-10-3-2-5-14-13(19)16-7-4-6-15(8-9-16)11-12(17)18/h2-11H2,1H3,(H,14,19)(H,17,18). The Morgan fingerprint density at radius 2 is 2.00 bits per heavy atom. The average molecular weight is 303 g/mol. The van der Waals surface area contributed by atoms with E-state index in [9.17, 15) is 9.59 Å². The zero-order chi connectivity index (χ0) is 14.8. The highest BCUT2D eigenvalue weighted by atomic mass is 32.2. The molecule has 0 aliphatic carbocycles. The van der Waals surface area contributed by atoms with Crippen molar-refractivity contribution in [2.75, 3.05) is 51.3 Å². The highest BCUT2D eigenvalue weighted by molar-refractivity contribution is 7.98. The van der Waals surface area contributed by atoms with Crippen LogP contribution in [-0.4, -0.2) is 78.2 Å². The van der Waals surface area contributed by atoms with Crippen LogP contribution < -0.4 is 5.32 Å². The zero-order valence-electron chi connectivity index (χ0n) is 12.1. The first-order valence-corrected chi connectivity index (χ1v) is 8.48. The number of unbranched alkanes of at least 4 members (excludes halogenated alkanes) is 1. The Balaban J connectivity index is 2.22. The Bertz CT molecular complexity index is 315. The molecule has 1 aliphatic heterocycles. The number of hydrogen-bond donors (Lipinski definition) is 2. The first-order chi connectivity index (χ1) is 9.63. The third kappa shape index (κ3) is 7.00. The molecule has 1 heterocycles. The minimum absolute atomic E-state index is 0.0219. The molecule has 0 spiro atoms. The largest absolute Gasteiger partial charge is 0.480 e. The summed E-state index contributed by atoms with van der Waals surface area (Å²) < 4.78 is 0. The molecule has 0 unspecified atom stereocenters. The summed E-state index contributed by atoms with van der Waals surface area (Å²) in [5.41, 5.74) is 0. The fraction of sp³-hybridized carbons (Fsp3) is 0.846. The van der Waals surface area contributed by atoms with Gasteiger partial charge in [0.1, 0.15) is 0 Å². The van der Waals surface area contributed by atoms with Crippen LogP contribution >= 0.6 is 11.8 Å². The summed E-state index contributed by atoms with van der Waals surface area (Å²) in [4.78, 5) is 26.3. The Hall–Kier alpha value is -0.950. The number of thioether (sulfide) groups is 1. The van der Waals surface area contributed by atoms with Gasteiger partial charge in [-0.15, -0.1) is 0 Å². The molecule has 20 heavy (non-hydrogen) atoms. The second kappa shape index (κ2) is 9.88. The molecule has 0 aromatic rings. The summed E-state index contributed by atoms with van der Waals surface area (Å²) >= 11 is 1.82. The van der Waals surface area contributed by atoms with Gasteiger partial charge in [-0.25, -0.2) is 4.79 Å². The van der Waals surface area contributed by atoms with Gasteiger partial charge in [0.05, 0.1) is 6.54 Å². The van der Waals surface area contributed by atoms with Gasteiger partial charge in [-0.05, 0) is 31.3 Å². The van der Waals surface area contributed by atoms with E-state index in [-0.39, 0.29) is 12.6 Å². The maximum Gasteiger partial charge on any atom is 0.317 e. The Morgan fingerprint density at radius 1 is 1.20 bits per heavy atom. The first-order valence-electron chi connectivity index (χ1n) is 7.09. The fourth-order valence-electron chi connectivity index (χ4n) is 2.20. The molecule has 7 heteroatoms. The number of carbonyl (C=O) groups excluding carboxylic acids is 1. The molecule has 0 aromatic carbocycles. The van der Waals surface area contributed by atoms with Crippen LogP contribution in [0.4, 0.5) is 4.79 Å². The van der Waals surface area contributed by atoms with Crippen LogP contribution in [0.15, 0.2) is 0 Å². The molecule has 0 aromatic heterocycles. The summed E-state index contributed by atoms with van der Waals surface area (Å²) in [6.07, 6.45) is 5.03. The maximum atomic E-state index is 12.0. The lowest BCUT2D eigenvalue weighted by atomic mass is 10.3. The molecule has 0 radical (unpaired) electrons. The lowest BCUT2D eigenvalue weighted by molar-refractivity contribution is -0.138. The number of amides is 2. The van der Waals surface area contributed by atoms with Crippen LogP contribution in [0, 0.1) is 0 Å². The molecule has 1 aliphatic rings. The van der Waals surface area contributed by atoms with E-state index in [0.717, 1.165) is 31.6 Å². The second-order valence-electron chi connectivity index (χ2n) is 4.94. The Morgan fingerprint density at radius 3 is 2.70 bits per heavy atom. The normalized spacial score (nSPS) is 16.8. The van der Waals surface area contributed by atoms with Crippen LogP contribution in [-0.2, 0) is 4.79 Å². The minimum atomic E-state index is -0.809. The van der Waals surface area contributed by atoms with Gasteiger partial charge in [0.25, 0.3) is 0 Å². The molecule has 2 amide bonds. The summed E-state index contributed by atoms with van der Waals surface area (Å²) in [5.74, 6) is 0.320. The fourth-order valence-corrected chi connectivity index (χ4v) is 2.69. The lowest BCUT2D eigenvalue weighted by Crippen LogP contribution is -2.42. The van der Waals surface area contributed by atoms with Crippen molar-refractivity contribution in [1.82, 2.24) is 15.1 Å². The summed E-state index contributed by atoms with van der Waals surface area (Å²) in [6.45, 7) is 3.45. The zero-order valence-corrected chi connectivity index (χ0v) is 13.0. The number of nitrogens with zero attached hydrogens (tertiary/aromatic N) is 2. The first kappa shape index (κ1) is 17.1. The SMILES string of the molecule is CSCCCCNC(=O)N1CCCN(CC(=O)O)CC1. The third-order valence-electron chi connectivity index (χ3n) is 3.29. The van der Waals surface area contributed by atoms with Crippen LogP contribution in [0.2, 0.25) is 0 Å². The third-order valence-corrected chi connectivity index (χ3v) is 3.98. The Labute approximate surface area is 124 Å². The van der Waals surface area contributed by atoms with Crippen LogP contribution in [0.25, 0.3) is 0 Å². The molecule has 0 bridgehead atoms. The van der Waals surface area contributed by atoms with E-state index < -0.39 is 5.97 Å². The van der Waals surface area contributed by atoms with Gasteiger partial charge in [0.15, 0.2) is 0 Å². The van der Waals surface area contributed by atoms with Crippen molar-refractivity contribution >= 4 is 23.8 Å². The van der Waals surface area contributed by atoms with Crippen molar-refractivity contribution in [2.24, 2.45) is 0 Å². The predicted octanol–water partition coefficient (Wildman–Crippen LogP) is 0.932. The van der Waals surface area contributed by atoms with E-state index in [1.165, 1.54) is 0 Å². The van der Waals surface area contributed by atoms with E-state index in [0.29, 0.717) is 26.2 Å². The molecule has 2 N–H and O–H groups in total. The predicted molar refractivity (Wildman–Crippen MR) is 81.3 cm³/mol. The Kier molecular flexibility index (Phi) is 8.45. The number of hydrogen-bond acceptors (Lipinski definition) is 4. The van der Waals surface area contributed by atoms with Gasteiger partial charge < -0.3 is 15.3 Å². The van der Waals surface area contributed by atoms with Crippen molar-refractivity contribution in [3.8, 4) is 0 Å². The van der Waals surface area contributed by atoms with Gasteiger partial charge >= 0.3 is 12.0 Å². The van der Waals surface area contributed by atoms with E-state index in [2.05, 4.69) is 11.6 Å². The van der Waals surface area contributed by atoms with Crippen LogP contribution in [0.5, 0.6) is 0 Å². The van der Waals surface area contributed by atoms with Crippen molar-refractivity contribution in [3.05, 3.63) is 0 Å². The van der Waals surface area contributed by atoms with Crippen molar-refractivity contribution in [1.29, 1.82) is 0 Å². The smallest absolute Gasteiger partial charge is 0.317 e. The topological polar surface area (TPSA) is 72.9 Å². The molecule has 116 valence electrons. The van der Waals surface area contributed by atoms with Crippen LogP contribution in [0.1, 0.15) is 19.3 Å². The van der Waals surface area contributed by atoms with Gasteiger partial charge in [0, 0.05) is 32.7 Å². The number of urea groups is 1. The molecule has 0 atom stereocenters. The van der Waals surface area contributed by atoms with Gasteiger partial charge in [-0.2, -0.15) is 11.8 Å². The summed E-state index contributed by atoms with van der Waals surface area (Å²) in [7, 11) is 0. The van der Waals surface area contributed by atoms with E-state index in [1.54, 1.807) is 4.90 Å². The van der Waals surface area contributed by atoms with E-state index in [1.807, 2.05) is 16.7 Å². The number of carboxylic acid groups (broad SMARTS) is 1. The summed E-state index contributed by atoms with van der Waals surface area (Å²) in [6, 6.07) is -0.0219. The van der Waals surface area contributed by atoms with Crippen LogP contribution in [0.3, 0.4) is 0 Å². The molecule has 6 nitrogen and oxygen atoms in total. The van der Waals surface area contributed by atoms with Gasteiger partial charge in [-0.1, -0.05) is 0 Å².